The molecule has 44 heavy (non-hydrogen) atoms. The number of anilines is 2. The van der Waals surface area contributed by atoms with Gasteiger partial charge in [-0.1, -0.05) is 10.1 Å². The summed E-state index contributed by atoms with van der Waals surface area (Å²) < 4.78 is 44.3. The number of ether oxygens (including phenoxy) is 1. The molecule has 17 nitrogen and oxygen atoms in total. The lowest BCUT2D eigenvalue weighted by Gasteiger charge is -2.12. The first kappa shape index (κ1) is 33.8. The van der Waals surface area contributed by atoms with Gasteiger partial charge in [0, 0.05) is 11.1 Å². The summed E-state index contributed by atoms with van der Waals surface area (Å²) in [5.74, 6) is -0.538. The molecule has 0 unspecified atom stereocenters. The van der Waals surface area contributed by atoms with Gasteiger partial charge in [0.05, 0.1) is 41.3 Å². The Morgan fingerprint density at radius 3 is 2.43 bits per heavy atom. The van der Waals surface area contributed by atoms with Crippen molar-refractivity contribution in [2.45, 2.75) is 9.79 Å². The van der Waals surface area contributed by atoms with Crippen LogP contribution in [0.2, 0.25) is 10.6 Å². The third-order valence-electron chi connectivity index (χ3n) is 5.35. The molecule has 0 saturated heterocycles. The number of aromatic nitrogens is 3. The summed E-state index contributed by atoms with van der Waals surface area (Å²) in [5.41, 5.74) is 0.383. The van der Waals surface area contributed by atoms with Crippen molar-refractivity contribution in [1.29, 1.82) is 0 Å². The van der Waals surface area contributed by atoms with Crippen LogP contribution in [-0.4, -0.2) is 58.5 Å². The van der Waals surface area contributed by atoms with E-state index in [9.17, 15) is 13.5 Å². The Balaban J connectivity index is 1.67. The quantitative estimate of drug-likeness (QED) is 0.0344. The van der Waals surface area contributed by atoms with E-state index in [1.54, 1.807) is 24.3 Å². The van der Waals surface area contributed by atoms with Gasteiger partial charge < -0.3 is 15.2 Å². The summed E-state index contributed by atoms with van der Waals surface area (Å²) in [4.78, 5) is 11.6. The second-order valence-electron chi connectivity index (χ2n) is 7.94. The number of hydrogen-bond donors (Lipinski definition) is 4. The van der Waals surface area contributed by atoms with Crippen LogP contribution in [0.3, 0.4) is 0 Å². The third-order valence-corrected chi connectivity index (χ3v) is 8.36. The van der Waals surface area contributed by atoms with Crippen LogP contribution in [0.5, 0.6) is 11.5 Å². The fourth-order valence-electron chi connectivity index (χ4n) is 3.53. The highest BCUT2D eigenvalue weighted by Gasteiger charge is 2.19. The van der Waals surface area contributed by atoms with E-state index < -0.39 is 15.6 Å². The zero-order valence-electron chi connectivity index (χ0n) is 21.8. The summed E-state index contributed by atoms with van der Waals surface area (Å²) in [6, 6.07) is 10.3. The van der Waals surface area contributed by atoms with Gasteiger partial charge in [0.1, 0.15) is 17.1 Å². The first-order chi connectivity index (χ1) is 21.1. The van der Waals surface area contributed by atoms with E-state index in [1.807, 2.05) is 0 Å². The van der Waals surface area contributed by atoms with Gasteiger partial charge in [0.15, 0.2) is 27.9 Å². The summed E-state index contributed by atoms with van der Waals surface area (Å²) in [7, 11) is -2.52. The van der Waals surface area contributed by atoms with Crippen molar-refractivity contribution in [3.63, 3.8) is 0 Å². The van der Waals surface area contributed by atoms with E-state index in [1.165, 1.54) is 25.3 Å². The third kappa shape index (κ3) is 8.74. The van der Waals surface area contributed by atoms with E-state index in [-0.39, 0.29) is 68.1 Å². The molecule has 0 aliphatic heterocycles. The Bertz CT molecular complexity index is 1750. The zero-order chi connectivity index (χ0) is 31.7. The van der Waals surface area contributed by atoms with E-state index in [4.69, 9.17) is 42.6 Å². The molecule has 0 saturated carbocycles. The molecule has 0 aliphatic carbocycles. The minimum absolute atomic E-state index is 0.00451. The van der Waals surface area contributed by atoms with Crippen LogP contribution in [0.1, 0.15) is 0 Å². The predicted octanol–water partition coefficient (Wildman–Crippen LogP) is 6.41. The van der Waals surface area contributed by atoms with Crippen LogP contribution >= 0.6 is 47.6 Å². The highest BCUT2D eigenvalue weighted by Crippen LogP contribution is 2.45. The van der Waals surface area contributed by atoms with Gasteiger partial charge >= 0.3 is 0 Å². The van der Waals surface area contributed by atoms with Crippen molar-refractivity contribution in [2.75, 3.05) is 24.8 Å². The first-order valence-corrected chi connectivity index (χ1v) is 15.3. The minimum atomic E-state index is -3.87. The Kier molecular flexibility index (Phi) is 12.1. The molecule has 0 amide bonds. The molecule has 4 aromatic rings. The average Bonchev–Trinajstić information content (AvgIpc) is 2.98. The van der Waals surface area contributed by atoms with Crippen molar-refractivity contribution in [3.05, 3.63) is 53.0 Å². The van der Waals surface area contributed by atoms with Crippen molar-refractivity contribution in [3.8, 4) is 11.5 Å². The number of aromatic hydroxyl groups is 1. The summed E-state index contributed by atoms with van der Waals surface area (Å²) in [6.07, 6.45) is 0. The van der Waals surface area contributed by atoms with Crippen molar-refractivity contribution in [1.82, 2.24) is 15.0 Å². The Labute approximate surface area is 266 Å². The number of nitrogens with zero attached hydrogens (tertiary/aromatic N) is 5. The lowest BCUT2D eigenvalue weighted by Crippen LogP contribution is -2.11. The summed E-state index contributed by atoms with van der Waals surface area (Å²) in [5, 5.41) is 46.7. The number of halogens is 2. The van der Waals surface area contributed by atoms with Gasteiger partial charge in [-0.3, -0.25) is 4.18 Å². The van der Waals surface area contributed by atoms with Crippen molar-refractivity contribution < 1.29 is 51.7 Å². The number of hydrogen-bond acceptors (Lipinski definition) is 19. The average molecular weight is 710 g/mol. The number of rotatable bonds is 15. The van der Waals surface area contributed by atoms with Crippen LogP contribution in [0, 0.1) is 0 Å². The molecule has 0 fully saturated rings. The molecule has 0 spiro atoms. The lowest BCUT2D eigenvalue weighted by atomic mass is 10.1. The molecule has 4 N–H and O–H groups in total. The predicted molar refractivity (Wildman–Crippen MR) is 157 cm³/mol. The number of sulfone groups is 1. The molecule has 22 heteroatoms. The number of fused-ring (bicyclic) bond motifs is 1. The minimum Gasteiger partial charge on any atom is -0.505 e. The smallest absolute Gasteiger partial charge is 0.232 e. The van der Waals surface area contributed by atoms with Crippen LogP contribution in [0.15, 0.2) is 62.5 Å². The van der Waals surface area contributed by atoms with Crippen molar-refractivity contribution in [2.24, 2.45) is 10.2 Å². The second kappa shape index (κ2) is 15.7. The van der Waals surface area contributed by atoms with E-state index >= 15 is 0 Å². The number of phenolic OH excluding ortho intramolecular Hbond substituents is 1. The molecular formula is C22H18Cl2N6O11S3. The van der Waals surface area contributed by atoms with Gasteiger partial charge in [-0.2, -0.15) is 15.0 Å². The fraction of sp³-hybridized carbons (Fsp3) is 0.136. The molecule has 3 aromatic carbocycles. The van der Waals surface area contributed by atoms with Crippen LogP contribution < -0.4 is 10.1 Å². The topological polar surface area (TPSA) is 226 Å². The maximum Gasteiger partial charge on any atom is 0.232 e. The maximum atomic E-state index is 12.8. The largest absolute Gasteiger partial charge is 0.505 e. The normalized spacial score (nSPS) is 11.8. The van der Waals surface area contributed by atoms with Gasteiger partial charge in [0.25, 0.3) is 0 Å². The standard InChI is InChI=1S/C22H18Cl2N6O11S3/c1-36-16-5-3-13(44(34,35)7-6-37-43-41-39-33)10-15(16)29-30-18-17(42-40-38-32)9-11-8-12(2-4-14(11)19(18)31)25-22-27-20(23)26-21(24)28-22/h2-5,8-10,31-33H,6-7H2,1H3,(H,25,26,27,28)/b30-29+. The molecule has 4 rings (SSSR count). The molecule has 0 atom stereocenters. The second-order valence-corrected chi connectivity index (χ2v) is 12.0. The molecule has 1 heterocycles. The van der Waals surface area contributed by atoms with Crippen LogP contribution in [-0.2, 0) is 32.8 Å². The van der Waals surface area contributed by atoms with Gasteiger partial charge in [0.2, 0.25) is 16.5 Å². The Morgan fingerprint density at radius 2 is 1.73 bits per heavy atom. The SMILES string of the molecule is COc1ccc(S(=O)(=O)CCOSOOO)cc1/N=N/c1c(SOOO)cc2cc(Nc3nc(Cl)nc(Cl)n3)ccc2c1O. The highest BCUT2D eigenvalue weighted by molar-refractivity contribution is 7.94. The number of benzene rings is 3. The molecule has 0 aliphatic rings. The molecule has 1 aromatic heterocycles. The van der Waals surface area contributed by atoms with Gasteiger partial charge in [-0.25, -0.2) is 18.9 Å². The number of phenols is 1. The number of nitrogens with one attached hydrogen (secondary N) is 1. The monoisotopic (exact) mass is 708 g/mol. The maximum absolute atomic E-state index is 12.8. The van der Waals surface area contributed by atoms with Crippen molar-refractivity contribution >= 4 is 91.2 Å². The van der Waals surface area contributed by atoms with Crippen LogP contribution in [0.4, 0.5) is 23.0 Å². The molecular weight excluding hydrogens is 691 g/mol. The van der Waals surface area contributed by atoms with E-state index in [2.05, 4.69) is 49.2 Å². The molecule has 234 valence electrons. The fourth-order valence-corrected chi connectivity index (χ4v) is 5.81. The summed E-state index contributed by atoms with van der Waals surface area (Å²) >= 11 is 12.4. The number of azo groups is 1. The summed E-state index contributed by atoms with van der Waals surface area (Å²) in [6.45, 7) is -0.300. The number of methoxy groups -OCH3 is 1. The Morgan fingerprint density at radius 1 is 0.977 bits per heavy atom. The first-order valence-electron chi connectivity index (χ1n) is 11.5. The molecule has 0 bridgehead atoms. The van der Waals surface area contributed by atoms with Gasteiger partial charge in [-0.05, 0) is 71.1 Å². The zero-order valence-corrected chi connectivity index (χ0v) is 25.7. The van der Waals surface area contributed by atoms with E-state index in [0.717, 1.165) is 0 Å². The van der Waals surface area contributed by atoms with Gasteiger partial charge in [-0.15, -0.1) is 18.9 Å². The van der Waals surface area contributed by atoms with E-state index in [0.29, 0.717) is 28.5 Å². The molecule has 0 radical (unpaired) electrons. The Hall–Kier alpha value is -3.12. The lowest BCUT2D eigenvalue weighted by molar-refractivity contribution is -0.434. The van der Waals surface area contributed by atoms with Crippen LogP contribution in [0.25, 0.3) is 10.8 Å². The highest BCUT2D eigenvalue weighted by atomic mass is 35.5.